The van der Waals surface area contributed by atoms with Crippen LogP contribution in [0.2, 0.25) is 0 Å². The zero-order valence-electron chi connectivity index (χ0n) is 19.2. The minimum Gasteiger partial charge on any atom is -0.404 e. The summed E-state index contributed by atoms with van der Waals surface area (Å²) >= 11 is 1.83. The number of nitrogens with one attached hydrogen (secondary N) is 4. The lowest BCUT2D eigenvalue weighted by Crippen LogP contribution is -2.36. The van der Waals surface area contributed by atoms with Crippen LogP contribution in [-0.4, -0.2) is 54.2 Å². The first-order valence-electron chi connectivity index (χ1n) is 11.6. The van der Waals surface area contributed by atoms with Gasteiger partial charge in [0.2, 0.25) is 40.7 Å². The van der Waals surface area contributed by atoms with E-state index < -0.39 is 40.9 Å². The largest absolute Gasteiger partial charge is 0.412 e. The summed E-state index contributed by atoms with van der Waals surface area (Å²) in [5.41, 5.74) is 0. The van der Waals surface area contributed by atoms with Gasteiger partial charge in [0.05, 0.1) is 12.1 Å². The Morgan fingerprint density at radius 2 is 1.50 bits per heavy atom. The van der Waals surface area contributed by atoms with Gasteiger partial charge in [0.1, 0.15) is 0 Å². The van der Waals surface area contributed by atoms with Gasteiger partial charge in [0.25, 0.3) is 0 Å². The summed E-state index contributed by atoms with van der Waals surface area (Å²) in [6.07, 6.45) is 3.27. The lowest BCUT2D eigenvalue weighted by Gasteiger charge is -2.16. The molecule has 2 aliphatic rings. The van der Waals surface area contributed by atoms with Crippen molar-refractivity contribution in [2.45, 2.75) is 62.3 Å². The Morgan fingerprint density at radius 3 is 2.19 bits per heavy atom. The molecule has 8 nitrogen and oxygen atoms in total. The van der Waals surface area contributed by atoms with E-state index in [9.17, 15) is 36.3 Å². The summed E-state index contributed by atoms with van der Waals surface area (Å²) < 4.78 is 70.5. The Bertz CT molecular complexity index is 957. The SMILES string of the molecule is O=C(CCCC[C@@H]1SC[C@H]2NC(=O)N[C@H]12)NCCCCCNC(=O)Oc1c(F)c(F)c(F)c(F)c1F. The molecule has 0 unspecified atom stereocenters. The van der Waals surface area contributed by atoms with Gasteiger partial charge in [0.15, 0.2) is 0 Å². The highest BCUT2D eigenvalue weighted by Gasteiger charge is 2.42. The monoisotopic (exact) mass is 538 g/mol. The van der Waals surface area contributed by atoms with Gasteiger partial charge in [-0.25, -0.2) is 22.8 Å². The Morgan fingerprint density at radius 1 is 0.861 bits per heavy atom. The molecule has 3 rings (SSSR count). The number of amides is 4. The second kappa shape index (κ2) is 13.0. The predicted octanol–water partition coefficient (Wildman–Crippen LogP) is 3.48. The van der Waals surface area contributed by atoms with Crippen molar-refractivity contribution < 1.29 is 41.1 Å². The van der Waals surface area contributed by atoms with Crippen LogP contribution in [0.5, 0.6) is 5.75 Å². The average Bonchev–Trinajstić information content (AvgIpc) is 3.40. The fraction of sp³-hybridized carbons (Fsp3) is 0.591. The molecule has 0 radical (unpaired) electrons. The average molecular weight is 539 g/mol. The second-order valence-electron chi connectivity index (χ2n) is 8.49. The number of hydrogen-bond acceptors (Lipinski definition) is 5. The van der Waals surface area contributed by atoms with E-state index in [0.717, 1.165) is 25.0 Å². The first-order valence-corrected chi connectivity index (χ1v) is 12.7. The van der Waals surface area contributed by atoms with Crippen LogP contribution in [0, 0.1) is 29.1 Å². The number of unbranched alkanes of at least 4 members (excludes halogenated alkanes) is 3. The summed E-state index contributed by atoms with van der Waals surface area (Å²) in [7, 11) is 0. The van der Waals surface area contributed by atoms with Crippen molar-refractivity contribution >= 4 is 29.8 Å². The molecule has 200 valence electrons. The van der Waals surface area contributed by atoms with Crippen molar-refractivity contribution in [2.75, 3.05) is 18.8 Å². The molecule has 4 amide bonds. The number of halogens is 5. The highest BCUT2D eigenvalue weighted by Crippen LogP contribution is 2.33. The van der Waals surface area contributed by atoms with Crippen molar-refractivity contribution in [1.29, 1.82) is 0 Å². The third kappa shape index (κ3) is 7.14. The number of rotatable bonds is 12. The van der Waals surface area contributed by atoms with E-state index in [1.165, 1.54) is 0 Å². The minimum absolute atomic E-state index is 0.0409. The molecule has 2 fully saturated rings. The van der Waals surface area contributed by atoms with E-state index in [4.69, 9.17) is 0 Å². The number of hydrogen-bond donors (Lipinski definition) is 4. The number of urea groups is 1. The van der Waals surface area contributed by atoms with Crippen LogP contribution in [0.1, 0.15) is 44.9 Å². The van der Waals surface area contributed by atoms with E-state index in [1.54, 1.807) is 0 Å². The Labute approximate surface area is 208 Å². The first kappa shape index (κ1) is 27.8. The standard InChI is InChI=1S/C22H27F5N4O4S/c23-14-15(24)17(26)20(18(27)16(14)25)35-22(34)29-9-5-1-4-8-28-13(32)7-3-2-6-12-19-11(10-36-12)30-21(33)31-19/h11-12,19H,1-10H2,(H,28,32)(H,29,34)(H2,30,31,33)/t11-,12+,19+/m1/s1. The van der Waals surface area contributed by atoms with Crippen LogP contribution >= 0.6 is 11.8 Å². The summed E-state index contributed by atoms with van der Waals surface area (Å²) in [4.78, 5) is 34.9. The zero-order valence-corrected chi connectivity index (χ0v) is 20.1. The number of benzene rings is 1. The van der Waals surface area contributed by atoms with Gasteiger partial charge in [0, 0.05) is 30.5 Å². The second-order valence-corrected chi connectivity index (χ2v) is 9.77. The Kier molecular flexibility index (Phi) is 10.0. The molecule has 4 N–H and O–H groups in total. The van der Waals surface area contributed by atoms with Gasteiger partial charge in [-0.2, -0.15) is 20.5 Å². The van der Waals surface area contributed by atoms with E-state index in [-0.39, 0.29) is 30.6 Å². The van der Waals surface area contributed by atoms with Crippen molar-refractivity contribution in [1.82, 2.24) is 21.3 Å². The lowest BCUT2D eigenvalue weighted by molar-refractivity contribution is -0.121. The minimum atomic E-state index is -2.34. The van der Waals surface area contributed by atoms with Gasteiger partial charge in [-0.05, 0) is 32.1 Å². The van der Waals surface area contributed by atoms with Crippen LogP contribution in [0.15, 0.2) is 0 Å². The van der Waals surface area contributed by atoms with Gasteiger partial charge in [-0.15, -0.1) is 0 Å². The van der Waals surface area contributed by atoms with Gasteiger partial charge >= 0.3 is 12.1 Å². The Hall–Kier alpha value is -2.77. The molecule has 2 heterocycles. The quantitative estimate of drug-likeness (QED) is 0.107. The zero-order chi connectivity index (χ0) is 26.2. The lowest BCUT2D eigenvalue weighted by atomic mass is 10.0. The number of ether oxygens (including phenoxy) is 1. The van der Waals surface area contributed by atoms with Crippen LogP contribution in [0.25, 0.3) is 0 Å². The molecular weight excluding hydrogens is 511 g/mol. The van der Waals surface area contributed by atoms with Crippen LogP contribution < -0.4 is 26.0 Å². The predicted molar refractivity (Wildman–Crippen MR) is 121 cm³/mol. The van der Waals surface area contributed by atoms with E-state index >= 15 is 0 Å². The normalized spacial score (nSPS) is 20.5. The summed E-state index contributed by atoms with van der Waals surface area (Å²) in [6.45, 7) is 0.479. The molecule has 2 aliphatic heterocycles. The summed E-state index contributed by atoms with van der Waals surface area (Å²) in [6, 6.07) is 0.227. The van der Waals surface area contributed by atoms with Crippen LogP contribution in [0.4, 0.5) is 31.5 Å². The number of thioether (sulfide) groups is 1. The fourth-order valence-corrected chi connectivity index (χ4v) is 5.55. The molecule has 1 aromatic rings. The van der Waals surface area contributed by atoms with Crippen molar-refractivity contribution in [3.05, 3.63) is 29.1 Å². The molecule has 36 heavy (non-hydrogen) atoms. The molecular formula is C22H27F5N4O4S. The smallest absolute Gasteiger partial charge is 0.404 e. The van der Waals surface area contributed by atoms with Gasteiger partial charge in [-0.1, -0.05) is 6.42 Å². The first-order chi connectivity index (χ1) is 17.2. The fourth-order valence-electron chi connectivity index (χ4n) is 4.01. The summed E-state index contributed by atoms with van der Waals surface area (Å²) in [5, 5.41) is 11.2. The molecule has 1 aromatic carbocycles. The molecule has 14 heteroatoms. The van der Waals surface area contributed by atoms with Crippen LogP contribution in [-0.2, 0) is 4.79 Å². The van der Waals surface area contributed by atoms with E-state index in [2.05, 4.69) is 26.0 Å². The molecule has 0 bridgehead atoms. The third-order valence-corrected chi connectivity index (χ3v) is 7.40. The van der Waals surface area contributed by atoms with Gasteiger partial charge in [-0.3, -0.25) is 4.79 Å². The maximum absolute atomic E-state index is 13.5. The van der Waals surface area contributed by atoms with Crippen molar-refractivity contribution in [2.24, 2.45) is 0 Å². The Balaban J connectivity index is 1.20. The maximum Gasteiger partial charge on any atom is 0.412 e. The topological polar surface area (TPSA) is 109 Å². The highest BCUT2D eigenvalue weighted by molar-refractivity contribution is 8.00. The molecule has 0 saturated carbocycles. The number of fused-ring (bicyclic) bond motifs is 1. The summed E-state index contributed by atoms with van der Waals surface area (Å²) in [5.74, 6) is -12.1. The van der Waals surface area contributed by atoms with Gasteiger partial charge < -0.3 is 26.0 Å². The molecule has 3 atom stereocenters. The molecule has 0 aromatic heterocycles. The molecule has 2 saturated heterocycles. The number of carbonyl (C=O) groups excluding carboxylic acids is 3. The molecule has 0 aliphatic carbocycles. The van der Waals surface area contributed by atoms with Crippen molar-refractivity contribution in [3.8, 4) is 5.75 Å². The maximum atomic E-state index is 13.5. The van der Waals surface area contributed by atoms with Crippen molar-refractivity contribution in [3.63, 3.8) is 0 Å². The molecule has 0 spiro atoms. The number of carbonyl (C=O) groups is 3. The van der Waals surface area contributed by atoms with E-state index in [0.29, 0.717) is 37.5 Å². The highest BCUT2D eigenvalue weighted by atomic mass is 32.2. The van der Waals surface area contributed by atoms with E-state index in [1.807, 2.05) is 11.8 Å². The van der Waals surface area contributed by atoms with Crippen LogP contribution in [0.3, 0.4) is 0 Å². The third-order valence-electron chi connectivity index (χ3n) is 5.89.